The number of sulfone groups is 1. The molecule has 2 aromatic carbocycles. The molecule has 0 bridgehead atoms. The Morgan fingerprint density at radius 3 is 2.36 bits per heavy atom. The highest BCUT2D eigenvalue weighted by Crippen LogP contribution is 2.22. The van der Waals surface area contributed by atoms with E-state index in [0.717, 1.165) is 22.0 Å². The quantitative estimate of drug-likeness (QED) is 0.692. The van der Waals surface area contributed by atoms with Gasteiger partial charge in [0.2, 0.25) is 0 Å². The molecule has 1 aromatic heterocycles. The van der Waals surface area contributed by atoms with E-state index in [1.165, 1.54) is 41.2 Å². The summed E-state index contributed by atoms with van der Waals surface area (Å²) in [6, 6.07) is 10.0. The summed E-state index contributed by atoms with van der Waals surface area (Å²) in [6.07, 6.45) is 1.13. The van der Waals surface area contributed by atoms with E-state index in [1.54, 1.807) is 0 Å². The van der Waals surface area contributed by atoms with E-state index in [-0.39, 0.29) is 4.90 Å². The number of thiazole rings is 1. The van der Waals surface area contributed by atoms with Crippen molar-refractivity contribution < 1.29 is 13.2 Å². The molecule has 3 aromatic rings. The summed E-state index contributed by atoms with van der Waals surface area (Å²) in [6.45, 7) is 4.08. The van der Waals surface area contributed by atoms with Crippen LogP contribution >= 0.6 is 11.3 Å². The van der Waals surface area contributed by atoms with Crippen LogP contribution in [0.2, 0.25) is 0 Å². The summed E-state index contributed by atoms with van der Waals surface area (Å²) in [4.78, 5) is 17.4. The van der Waals surface area contributed by atoms with Gasteiger partial charge in [-0.25, -0.2) is 8.42 Å². The first-order valence-electron chi connectivity index (χ1n) is 7.63. The van der Waals surface area contributed by atoms with Crippen molar-refractivity contribution in [2.75, 3.05) is 6.26 Å². The molecular weight excluding hydrogens is 356 g/mol. The van der Waals surface area contributed by atoms with Gasteiger partial charge in [-0.05, 0) is 55.3 Å². The van der Waals surface area contributed by atoms with Crippen LogP contribution in [0.25, 0.3) is 10.2 Å². The molecule has 3 rings (SSSR count). The molecule has 0 N–H and O–H groups in total. The average molecular weight is 374 g/mol. The van der Waals surface area contributed by atoms with E-state index in [0.29, 0.717) is 10.4 Å². The van der Waals surface area contributed by atoms with Crippen LogP contribution in [0.3, 0.4) is 0 Å². The Morgan fingerprint density at radius 2 is 1.76 bits per heavy atom. The number of aromatic nitrogens is 1. The predicted molar refractivity (Wildman–Crippen MR) is 99.7 cm³/mol. The van der Waals surface area contributed by atoms with Crippen LogP contribution in [0, 0.1) is 13.8 Å². The van der Waals surface area contributed by atoms with Crippen molar-refractivity contribution in [1.82, 2.24) is 4.57 Å². The van der Waals surface area contributed by atoms with Gasteiger partial charge in [-0.15, -0.1) is 0 Å². The summed E-state index contributed by atoms with van der Waals surface area (Å²) in [5, 5.41) is 0. The summed E-state index contributed by atoms with van der Waals surface area (Å²) >= 11 is 1.46. The molecule has 0 aliphatic rings. The summed E-state index contributed by atoms with van der Waals surface area (Å²) in [5.74, 6) is -0.392. The highest BCUT2D eigenvalue weighted by Gasteiger charge is 2.11. The first-order chi connectivity index (χ1) is 11.7. The number of hydrogen-bond donors (Lipinski definition) is 0. The molecule has 0 atom stereocenters. The third kappa shape index (κ3) is 3.43. The normalized spacial score (nSPS) is 12.7. The maximum Gasteiger partial charge on any atom is 0.279 e. The third-order valence-electron chi connectivity index (χ3n) is 3.96. The zero-order chi connectivity index (χ0) is 18.4. The molecule has 0 saturated heterocycles. The molecule has 0 aliphatic carbocycles. The van der Waals surface area contributed by atoms with Gasteiger partial charge < -0.3 is 4.57 Å². The van der Waals surface area contributed by atoms with Gasteiger partial charge >= 0.3 is 0 Å². The lowest BCUT2D eigenvalue weighted by atomic mass is 10.1. The molecule has 1 heterocycles. The number of benzene rings is 2. The van der Waals surface area contributed by atoms with Crippen molar-refractivity contribution >= 4 is 37.3 Å². The Morgan fingerprint density at radius 1 is 1.12 bits per heavy atom. The van der Waals surface area contributed by atoms with Gasteiger partial charge in [0.25, 0.3) is 5.91 Å². The monoisotopic (exact) mass is 374 g/mol. The number of aryl methyl sites for hydroxylation is 3. The highest BCUT2D eigenvalue weighted by atomic mass is 32.2. The Hall–Kier alpha value is -2.25. The second kappa shape index (κ2) is 6.24. The molecule has 0 fully saturated rings. The third-order valence-corrected chi connectivity index (χ3v) is 6.17. The fourth-order valence-corrected chi connectivity index (χ4v) is 4.61. The van der Waals surface area contributed by atoms with Crippen molar-refractivity contribution in [2.45, 2.75) is 18.7 Å². The van der Waals surface area contributed by atoms with Crippen LogP contribution in [-0.2, 0) is 16.9 Å². The van der Waals surface area contributed by atoms with Gasteiger partial charge in [0, 0.05) is 18.9 Å². The number of carbonyl (C=O) groups is 1. The molecule has 7 heteroatoms. The van der Waals surface area contributed by atoms with Crippen molar-refractivity contribution in [1.29, 1.82) is 0 Å². The highest BCUT2D eigenvalue weighted by molar-refractivity contribution is 7.90. The maximum absolute atomic E-state index is 12.4. The number of carbonyl (C=O) groups excluding carboxylic acids is 1. The molecular formula is C18H18N2O3S2. The van der Waals surface area contributed by atoms with Gasteiger partial charge in [0.15, 0.2) is 14.6 Å². The summed E-state index contributed by atoms with van der Waals surface area (Å²) < 4.78 is 26.0. The largest absolute Gasteiger partial charge is 0.319 e. The molecule has 0 saturated carbocycles. The van der Waals surface area contributed by atoms with Crippen molar-refractivity contribution in [3.8, 4) is 0 Å². The van der Waals surface area contributed by atoms with Crippen molar-refractivity contribution in [3.05, 3.63) is 57.9 Å². The average Bonchev–Trinajstić information content (AvgIpc) is 2.82. The van der Waals surface area contributed by atoms with E-state index in [1.807, 2.05) is 25.5 Å². The van der Waals surface area contributed by atoms with E-state index in [2.05, 4.69) is 17.1 Å². The molecule has 130 valence electrons. The predicted octanol–water partition coefficient (Wildman–Crippen LogP) is 3.00. The minimum absolute atomic E-state index is 0.183. The lowest BCUT2D eigenvalue weighted by Gasteiger charge is -2.02. The molecule has 1 amide bonds. The lowest BCUT2D eigenvalue weighted by molar-refractivity contribution is 0.0998. The van der Waals surface area contributed by atoms with Crippen LogP contribution in [0.4, 0.5) is 0 Å². The molecule has 0 unspecified atom stereocenters. The number of nitrogens with zero attached hydrogens (tertiary/aromatic N) is 2. The molecule has 0 spiro atoms. The van der Waals surface area contributed by atoms with E-state index in [9.17, 15) is 13.2 Å². The van der Waals surface area contributed by atoms with Gasteiger partial charge in [-0.3, -0.25) is 4.79 Å². The van der Waals surface area contributed by atoms with Crippen molar-refractivity contribution in [2.24, 2.45) is 12.0 Å². The smallest absolute Gasteiger partial charge is 0.279 e. The molecule has 5 nitrogen and oxygen atoms in total. The lowest BCUT2D eigenvalue weighted by Crippen LogP contribution is -2.13. The van der Waals surface area contributed by atoms with Crippen molar-refractivity contribution in [3.63, 3.8) is 0 Å². The number of amides is 1. The van der Waals surface area contributed by atoms with Gasteiger partial charge in [0.05, 0.1) is 15.1 Å². The maximum atomic E-state index is 12.4. The van der Waals surface area contributed by atoms with Crippen LogP contribution in [-0.4, -0.2) is 25.1 Å². The van der Waals surface area contributed by atoms with Crippen LogP contribution < -0.4 is 4.80 Å². The zero-order valence-electron chi connectivity index (χ0n) is 14.4. The Labute approximate surface area is 150 Å². The minimum Gasteiger partial charge on any atom is -0.319 e. The second-order valence-electron chi connectivity index (χ2n) is 6.09. The molecule has 0 aliphatic heterocycles. The first-order valence-corrected chi connectivity index (χ1v) is 10.3. The molecule has 0 radical (unpaired) electrons. The van der Waals surface area contributed by atoms with Crippen LogP contribution in [0.5, 0.6) is 0 Å². The van der Waals surface area contributed by atoms with Gasteiger partial charge in [-0.2, -0.15) is 4.99 Å². The number of fused-ring (bicyclic) bond motifs is 1. The zero-order valence-corrected chi connectivity index (χ0v) is 16.0. The van der Waals surface area contributed by atoms with Gasteiger partial charge in [0.1, 0.15) is 0 Å². The topological polar surface area (TPSA) is 68.5 Å². The SMILES string of the molecule is Cc1cc(C)c2c(c1)sc(=NC(=O)c1ccc(S(C)(=O)=O)cc1)n2C. The Balaban J connectivity index is 2.06. The van der Waals surface area contributed by atoms with E-state index >= 15 is 0 Å². The minimum atomic E-state index is -3.28. The molecule has 25 heavy (non-hydrogen) atoms. The fourth-order valence-electron chi connectivity index (χ4n) is 2.79. The summed E-state index contributed by atoms with van der Waals surface area (Å²) in [5.41, 5.74) is 3.73. The second-order valence-corrected chi connectivity index (χ2v) is 9.11. The van der Waals surface area contributed by atoms with Gasteiger partial charge in [-0.1, -0.05) is 17.4 Å². The number of rotatable bonds is 2. The van der Waals surface area contributed by atoms with E-state index in [4.69, 9.17) is 0 Å². The Kier molecular flexibility index (Phi) is 4.38. The van der Waals surface area contributed by atoms with Crippen LogP contribution in [0.15, 0.2) is 46.3 Å². The van der Waals surface area contributed by atoms with E-state index < -0.39 is 15.7 Å². The Bertz CT molecular complexity index is 1150. The summed E-state index contributed by atoms with van der Waals surface area (Å²) in [7, 11) is -1.39. The van der Waals surface area contributed by atoms with Crippen LogP contribution in [0.1, 0.15) is 21.5 Å². The fraction of sp³-hybridized carbons (Fsp3) is 0.222. The standard InChI is InChI=1S/C18H18N2O3S2/c1-11-9-12(2)16-15(10-11)24-18(20(16)3)19-17(21)13-5-7-14(8-6-13)25(4,22)23/h5-10H,1-4H3. The first kappa shape index (κ1) is 17.6. The number of hydrogen-bond acceptors (Lipinski definition) is 4.